The molecule has 0 bridgehead atoms. The fourth-order valence-electron chi connectivity index (χ4n) is 1.78. The average molecular weight is 285 g/mol. The van der Waals surface area contributed by atoms with E-state index in [9.17, 15) is 23.1 Å². The average Bonchev–Trinajstić information content (AvgIpc) is 2.61. The number of carbonyl (C=O) groups is 1. The molecule has 1 aliphatic rings. The summed E-state index contributed by atoms with van der Waals surface area (Å²) in [4.78, 5) is 11.6. The van der Waals surface area contributed by atoms with Gasteiger partial charge in [0.25, 0.3) is 0 Å². The predicted molar refractivity (Wildman–Crippen MR) is 59.6 cm³/mol. The van der Waals surface area contributed by atoms with Crippen LogP contribution in [0.1, 0.15) is 27.2 Å². The topological polar surface area (TPSA) is 67.8 Å². The van der Waals surface area contributed by atoms with E-state index < -0.39 is 36.1 Å². The minimum absolute atomic E-state index is 0.0307. The predicted octanol–water partition coefficient (Wildman–Crippen LogP) is 1.59. The second kappa shape index (κ2) is 5.16. The molecule has 0 radical (unpaired) electrons. The van der Waals surface area contributed by atoms with Crippen molar-refractivity contribution < 1.29 is 32.5 Å². The summed E-state index contributed by atoms with van der Waals surface area (Å²) in [5, 5.41) is 11.5. The molecule has 112 valence electrons. The van der Waals surface area contributed by atoms with Crippen molar-refractivity contribution in [2.75, 3.05) is 13.2 Å². The Morgan fingerprint density at radius 1 is 1.42 bits per heavy atom. The number of ether oxygens (including phenoxy) is 2. The molecule has 1 amide bonds. The number of aliphatic hydroxyl groups is 1. The highest BCUT2D eigenvalue weighted by Crippen LogP contribution is 2.33. The molecule has 1 saturated heterocycles. The van der Waals surface area contributed by atoms with Gasteiger partial charge in [0.2, 0.25) is 0 Å². The van der Waals surface area contributed by atoms with Crippen LogP contribution < -0.4 is 5.32 Å². The maximum atomic E-state index is 12.6. The molecule has 0 aliphatic carbocycles. The van der Waals surface area contributed by atoms with Crippen molar-refractivity contribution in [2.24, 2.45) is 0 Å². The number of hydrogen-bond donors (Lipinski definition) is 2. The number of hydrogen-bond acceptors (Lipinski definition) is 4. The molecule has 8 heteroatoms. The molecule has 0 aromatic heterocycles. The highest BCUT2D eigenvalue weighted by Gasteiger charge is 2.56. The first-order valence-electron chi connectivity index (χ1n) is 5.80. The number of amides is 1. The molecular formula is C11H18F3NO4. The molecule has 1 rings (SSSR count). The van der Waals surface area contributed by atoms with Crippen LogP contribution in [0, 0.1) is 0 Å². The van der Waals surface area contributed by atoms with Gasteiger partial charge in [-0.3, -0.25) is 0 Å². The number of nitrogens with one attached hydrogen (secondary N) is 1. The van der Waals surface area contributed by atoms with Crippen LogP contribution in [0.25, 0.3) is 0 Å². The third kappa shape index (κ3) is 4.24. The van der Waals surface area contributed by atoms with E-state index in [4.69, 9.17) is 9.47 Å². The number of alkyl carbamates (subject to hydrolysis) is 1. The first-order valence-corrected chi connectivity index (χ1v) is 5.80. The van der Waals surface area contributed by atoms with Gasteiger partial charge >= 0.3 is 12.3 Å². The quantitative estimate of drug-likeness (QED) is 0.808. The molecule has 0 aromatic carbocycles. The minimum atomic E-state index is -4.84. The van der Waals surface area contributed by atoms with Gasteiger partial charge in [0, 0.05) is 6.61 Å². The van der Waals surface area contributed by atoms with Gasteiger partial charge < -0.3 is 19.9 Å². The third-order valence-corrected chi connectivity index (χ3v) is 2.64. The van der Waals surface area contributed by atoms with Gasteiger partial charge in [-0.1, -0.05) is 0 Å². The molecule has 0 saturated carbocycles. The summed E-state index contributed by atoms with van der Waals surface area (Å²) in [6.45, 7) is 4.38. The maximum absolute atomic E-state index is 12.6. The Labute approximate surface area is 109 Å². The summed E-state index contributed by atoms with van der Waals surface area (Å²) in [6.07, 6.45) is -8.69. The molecule has 1 heterocycles. The Morgan fingerprint density at radius 3 is 2.37 bits per heavy atom. The Hall–Kier alpha value is -1.02. The fraction of sp³-hybridized carbons (Fsp3) is 0.909. The smallest absolute Gasteiger partial charge is 0.416 e. The summed E-state index contributed by atoms with van der Waals surface area (Å²) < 4.78 is 47.7. The first kappa shape index (κ1) is 16.0. The van der Waals surface area contributed by atoms with Crippen LogP contribution in [0.15, 0.2) is 0 Å². The largest absolute Gasteiger partial charge is 0.444 e. The molecule has 5 nitrogen and oxygen atoms in total. The van der Waals surface area contributed by atoms with Gasteiger partial charge in [-0.2, -0.15) is 13.2 Å². The number of aliphatic hydroxyl groups excluding tert-OH is 1. The lowest BCUT2D eigenvalue weighted by atomic mass is 9.91. The van der Waals surface area contributed by atoms with Gasteiger partial charge in [-0.05, 0) is 27.2 Å². The van der Waals surface area contributed by atoms with E-state index >= 15 is 0 Å². The van der Waals surface area contributed by atoms with E-state index in [1.165, 1.54) is 0 Å². The van der Waals surface area contributed by atoms with Crippen LogP contribution in [0.3, 0.4) is 0 Å². The maximum Gasteiger partial charge on any atom is 0.416 e. The van der Waals surface area contributed by atoms with Crippen molar-refractivity contribution in [1.29, 1.82) is 0 Å². The highest BCUT2D eigenvalue weighted by molar-refractivity contribution is 5.69. The lowest BCUT2D eigenvalue weighted by molar-refractivity contribution is -0.226. The molecule has 0 aromatic rings. The summed E-state index contributed by atoms with van der Waals surface area (Å²) in [5.74, 6) is 0. The Kier molecular flexibility index (Phi) is 4.36. The Balaban J connectivity index is 2.81. The Bertz CT molecular complexity index is 332. The van der Waals surface area contributed by atoms with E-state index in [2.05, 4.69) is 5.32 Å². The molecule has 19 heavy (non-hydrogen) atoms. The van der Waals surface area contributed by atoms with Gasteiger partial charge in [-0.25, -0.2) is 4.79 Å². The zero-order valence-electron chi connectivity index (χ0n) is 11.0. The van der Waals surface area contributed by atoms with E-state index in [1.54, 1.807) is 20.8 Å². The van der Waals surface area contributed by atoms with Crippen LogP contribution in [-0.4, -0.2) is 47.8 Å². The molecule has 1 fully saturated rings. The number of carbonyl (C=O) groups excluding carboxylic acids is 1. The highest BCUT2D eigenvalue weighted by atomic mass is 19.4. The number of rotatable bonds is 2. The molecule has 2 N–H and O–H groups in total. The fourth-order valence-corrected chi connectivity index (χ4v) is 1.78. The van der Waals surface area contributed by atoms with Gasteiger partial charge in [-0.15, -0.1) is 0 Å². The Morgan fingerprint density at radius 2 is 2.00 bits per heavy atom. The summed E-state index contributed by atoms with van der Waals surface area (Å²) >= 11 is 0. The van der Waals surface area contributed by atoms with Crippen LogP contribution in [0.5, 0.6) is 0 Å². The van der Waals surface area contributed by atoms with Gasteiger partial charge in [0.1, 0.15) is 11.1 Å². The van der Waals surface area contributed by atoms with E-state index in [-0.39, 0.29) is 13.0 Å². The van der Waals surface area contributed by atoms with Crippen molar-refractivity contribution in [2.45, 2.75) is 50.6 Å². The summed E-state index contributed by atoms with van der Waals surface area (Å²) in [7, 11) is 0. The lowest BCUT2D eigenvalue weighted by Gasteiger charge is -2.35. The van der Waals surface area contributed by atoms with E-state index in [0.717, 1.165) is 0 Å². The van der Waals surface area contributed by atoms with Crippen molar-refractivity contribution in [3.05, 3.63) is 0 Å². The van der Waals surface area contributed by atoms with E-state index in [0.29, 0.717) is 0 Å². The SMILES string of the molecule is CC(C)(C)OC(=O)NC1(C(O)C(F)(F)F)CCOC1. The summed E-state index contributed by atoms with van der Waals surface area (Å²) in [5.41, 5.74) is -2.73. The molecule has 2 atom stereocenters. The normalized spacial score (nSPS) is 26.1. The zero-order valence-corrected chi connectivity index (χ0v) is 11.0. The second-order valence-corrected chi connectivity index (χ2v) is 5.53. The van der Waals surface area contributed by atoms with Crippen molar-refractivity contribution in [3.63, 3.8) is 0 Å². The molecule has 0 spiro atoms. The van der Waals surface area contributed by atoms with Crippen molar-refractivity contribution in [1.82, 2.24) is 5.32 Å². The number of halogens is 3. The number of alkyl halides is 3. The minimum Gasteiger partial charge on any atom is -0.444 e. The standard InChI is InChI=1S/C11H18F3NO4/c1-9(2,3)19-8(17)15-10(4-5-18-6-10)7(16)11(12,13)14/h7,16H,4-6H2,1-3H3,(H,15,17). The van der Waals surface area contributed by atoms with Crippen LogP contribution >= 0.6 is 0 Å². The first-order chi connectivity index (χ1) is 8.46. The summed E-state index contributed by atoms with van der Waals surface area (Å²) in [6, 6.07) is 0. The lowest BCUT2D eigenvalue weighted by Crippen LogP contribution is -2.62. The van der Waals surface area contributed by atoms with E-state index in [1.807, 2.05) is 0 Å². The monoisotopic (exact) mass is 285 g/mol. The molecular weight excluding hydrogens is 267 g/mol. The van der Waals surface area contributed by atoms with Crippen LogP contribution in [0.2, 0.25) is 0 Å². The van der Waals surface area contributed by atoms with Crippen molar-refractivity contribution >= 4 is 6.09 Å². The third-order valence-electron chi connectivity index (χ3n) is 2.64. The molecule has 1 aliphatic heterocycles. The van der Waals surface area contributed by atoms with Crippen LogP contribution in [0.4, 0.5) is 18.0 Å². The zero-order chi connectivity index (χ0) is 14.9. The van der Waals surface area contributed by atoms with Gasteiger partial charge in [0.15, 0.2) is 6.10 Å². The second-order valence-electron chi connectivity index (χ2n) is 5.53. The van der Waals surface area contributed by atoms with Gasteiger partial charge in [0.05, 0.1) is 6.61 Å². The van der Waals surface area contributed by atoms with Crippen molar-refractivity contribution in [3.8, 4) is 0 Å². The molecule has 2 unspecified atom stereocenters. The van der Waals surface area contributed by atoms with Crippen LogP contribution in [-0.2, 0) is 9.47 Å².